The Kier molecular flexibility index (Phi) is 3.92. The normalized spacial score (nSPS) is 11.4. The van der Waals surface area contributed by atoms with Gasteiger partial charge in [-0.2, -0.15) is 0 Å². The minimum absolute atomic E-state index is 0.634. The zero-order valence-corrected chi connectivity index (χ0v) is 12.3. The Labute approximate surface area is 124 Å². The van der Waals surface area contributed by atoms with Crippen LogP contribution in [0.5, 0.6) is 0 Å². The Hall–Kier alpha value is -2.27. The fraction of sp³-hybridized carbons (Fsp3) is 0.312. The zero-order chi connectivity index (χ0) is 14.7. The van der Waals surface area contributed by atoms with E-state index in [0.717, 1.165) is 35.6 Å². The van der Waals surface area contributed by atoms with Crippen molar-refractivity contribution in [2.24, 2.45) is 5.92 Å². The van der Waals surface area contributed by atoms with Crippen LogP contribution in [-0.2, 0) is 6.54 Å². The van der Waals surface area contributed by atoms with Gasteiger partial charge < -0.3 is 5.32 Å². The minimum atomic E-state index is 0.634. The molecule has 21 heavy (non-hydrogen) atoms. The number of aromatic nitrogens is 4. The number of imidazole rings is 1. The van der Waals surface area contributed by atoms with Crippen molar-refractivity contribution in [3.05, 3.63) is 48.7 Å². The summed E-state index contributed by atoms with van der Waals surface area (Å²) in [6.45, 7) is 6.10. The lowest BCUT2D eigenvalue weighted by Gasteiger charge is -2.07. The molecule has 0 saturated carbocycles. The van der Waals surface area contributed by atoms with E-state index >= 15 is 0 Å². The molecule has 0 radical (unpaired) electrons. The predicted octanol–water partition coefficient (Wildman–Crippen LogP) is 2.56. The van der Waals surface area contributed by atoms with Crippen molar-refractivity contribution in [3.8, 4) is 5.82 Å². The van der Waals surface area contributed by atoms with Crippen LogP contribution in [0, 0.1) is 5.92 Å². The van der Waals surface area contributed by atoms with Crippen LogP contribution in [0.15, 0.2) is 43.0 Å². The lowest BCUT2D eigenvalue weighted by atomic mass is 10.2. The molecule has 0 bridgehead atoms. The fourth-order valence-electron chi connectivity index (χ4n) is 2.19. The topological polar surface area (TPSA) is 55.6 Å². The number of rotatable bonds is 5. The first-order chi connectivity index (χ1) is 10.2. The van der Waals surface area contributed by atoms with Gasteiger partial charge in [0.05, 0.1) is 29.1 Å². The van der Waals surface area contributed by atoms with E-state index in [2.05, 4.69) is 34.1 Å². The summed E-state index contributed by atoms with van der Waals surface area (Å²) in [5.41, 5.74) is 2.95. The van der Waals surface area contributed by atoms with E-state index < -0.39 is 0 Å². The number of nitrogens with zero attached hydrogens (tertiary/aromatic N) is 4. The van der Waals surface area contributed by atoms with Gasteiger partial charge in [0, 0.05) is 6.54 Å². The number of fused-ring (bicyclic) bond motifs is 1. The van der Waals surface area contributed by atoms with Crippen LogP contribution in [0.1, 0.15) is 19.5 Å². The van der Waals surface area contributed by atoms with Crippen molar-refractivity contribution in [2.75, 3.05) is 6.54 Å². The number of hydrogen-bond acceptors (Lipinski definition) is 4. The smallest absolute Gasteiger partial charge is 0.156 e. The highest BCUT2D eigenvalue weighted by molar-refractivity contribution is 5.76. The molecule has 2 aromatic heterocycles. The van der Waals surface area contributed by atoms with Gasteiger partial charge in [-0.15, -0.1) is 0 Å². The third-order valence-corrected chi connectivity index (χ3v) is 3.25. The van der Waals surface area contributed by atoms with Gasteiger partial charge in [-0.1, -0.05) is 26.0 Å². The number of benzene rings is 1. The molecule has 5 nitrogen and oxygen atoms in total. The molecule has 0 aliphatic carbocycles. The SMILES string of the molecule is CC(C)CNCc1cnc(-n2cnc3ccccc32)cn1. The molecule has 2 heterocycles. The van der Waals surface area contributed by atoms with E-state index in [1.54, 1.807) is 12.5 Å². The summed E-state index contributed by atoms with van der Waals surface area (Å²) >= 11 is 0. The van der Waals surface area contributed by atoms with Gasteiger partial charge in [0.25, 0.3) is 0 Å². The van der Waals surface area contributed by atoms with Gasteiger partial charge >= 0.3 is 0 Å². The highest BCUT2D eigenvalue weighted by Gasteiger charge is 2.05. The molecular formula is C16H19N5. The van der Waals surface area contributed by atoms with Crippen LogP contribution in [-0.4, -0.2) is 26.1 Å². The molecule has 0 fully saturated rings. The predicted molar refractivity (Wildman–Crippen MR) is 83.2 cm³/mol. The van der Waals surface area contributed by atoms with Gasteiger partial charge in [-0.3, -0.25) is 9.55 Å². The van der Waals surface area contributed by atoms with Crippen LogP contribution in [0.2, 0.25) is 0 Å². The second-order valence-electron chi connectivity index (χ2n) is 5.49. The summed E-state index contributed by atoms with van der Waals surface area (Å²) in [5.74, 6) is 1.42. The Morgan fingerprint density at radius 3 is 2.71 bits per heavy atom. The molecule has 1 N–H and O–H groups in total. The molecule has 0 amide bonds. The summed E-state index contributed by atoms with van der Waals surface area (Å²) in [4.78, 5) is 13.3. The zero-order valence-electron chi connectivity index (χ0n) is 12.3. The van der Waals surface area contributed by atoms with Gasteiger partial charge in [0.2, 0.25) is 0 Å². The molecule has 5 heteroatoms. The Morgan fingerprint density at radius 2 is 1.95 bits per heavy atom. The standard InChI is InChI=1S/C16H19N5/c1-12(2)7-17-8-13-9-19-16(10-18-13)21-11-20-14-5-3-4-6-15(14)21/h3-6,9-12,17H,7-8H2,1-2H3. The van der Waals surface area contributed by atoms with Crippen LogP contribution in [0.25, 0.3) is 16.9 Å². The molecule has 0 saturated heterocycles. The van der Waals surface area contributed by atoms with Crippen molar-refractivity contribution < 1.29 is 0 Å². The summed E-state index contributed by atoms with van der Waals surface area (Å²) < 4.78 is 1.95. The number of para-hydroxylation sites is 2. The first-order valence-corrected chi connectivity index (χ1v) is 7.18. The maximum absolute atomic E-state index is 4.49. The van der Waals surface area contributed by atoms with Crippen LogP contribution >= 0.6 is 0 Å². The molecule has 3 aromatic rings. The second kappa shape index (κ2) is 6.01. The van der Waals surface area contributed by atoms with E-state index in [4.69, 9.17) is 0 Å². The van der Waals surface area contributed by atoms with Crippen LogP contribution in [0.4, 0.5) is 0 Å². The molecule has 108 valence electrons. The first-order valence-electron chi connectivity index (χ1n) is 7.18. The summed E-state index contributed by atoms with van der Waals surface area (Å²) in [5, 5.41) is 3.36. The number of hydrogen-bond donors (Lipinski definition) is 1. The highest BCUT2D eigenvalue weighted by Crippen LogP contribution is 2.15. The molecular weight excluding hydrogens is 262 g/mol. The average molecular weight is 281 g/mol. The quantitative estimate of drug-likeness (QED) is 0.781. The molecule has 0 unspecified atom stereocenters. The van der Waals surface area contributed by atoms with Crippen molar-refractivity contribution in [1.29, 1.82) is 0 Å². The molecule has 0 aliphatic heterocycles. The maximum atomic E-state index is 4.49. The van der Waals surface area contributed by atoms with Crippen molar-refractivity contribution in [3.63, 3.8) is 0 Å². The largest absolute Gasteiger partial charge is 0.311 e. The Morgan fingerprint density at radius 1 is 1.10 bits per heavy atom. The van der Waals surface area contributed by atoms with E-state index in [1.165, 1.54) is 0 Å². The molecule has 1 aromatic carbocycles. The minimum Gasteiger partial charge on any atom is -0.311 e. The van der Waals surface area contributed by atoms with Crippen molar-refractivity contribution in [1.82, 2.24) is 24.8 Å². The van der Waals surface area contributed by atoms with E-state index in [9.17, 15) is 0 Å². The van der Waals surface area contributed by atoms with Crippen molar-refractivity contribution >= 4 is 11.0 Å². The third kappa shape index (κ3) is 3.08. The van der Waals surface area contributed by atoms with Gasteiger partial charge in [-0.05, 0) is 24.6 Å². The summed E-state index contributed by atoms with van der Waals surface area (Å²) in [6, 6.07) is 8.00. The van der Waals surface area contributed by atoms with Gasteiger partial charge in [-0.25, -0.2) is 9.97 Å². The van der Waals surface area contributed by atoms with E-state index in [-0.39, 0.29) is 0 Å². The first kappa shape index (κ1) is 13.7. The molecule has 3 rings (SSSR count). The fourth-order valence-corrected chi connectivity index (χ4v) is 2.19. The maximum Gasteiger partial charge on any atom is 0.156 e. The summed E-state index contributed by atoms with van der Waals surface area (Å²) in [7, 11) is 0. The van der Waals surface area contributed by atoms with Gasteiger partial charge in [0.1, 0.15) is 6.33 Å². The summed E-state index contributed by atoms with van der Waals surface area (Å²) in [6.07, 6.45) is 5.39. The van der Waals surface area contributed by atoms with E-state index in [1.807, 2.05) is 35.0 Å². The molecule has 0 aliphatic rings. The van der Waals surface area contributed by atoms with Crippen LogP contribution in [0.3, 0.4) is 0 Å². The van der Waals surface area contributed by atoms with Gasteiger partial charge in [0.15, 0.2) is 5.82 Å². The van der Waals surface area contributed by atoms with Crippen molar-refractivity contribution in [2.45, 2.75) is 20.4 Å². The lowest BCUT2D eigenvalue weighted by molar-refractivity contribution is 0.547. The Bertz CT molecular complexity index is 715. The van der Waals surface area contributed by atoms with E-state index in [0.29, 0.717) is 5.92 Å². The average Bonchev–Trinajstić information content (AvgIpc) is 2.92. The second-order valence-corrected chi connectivity index (χ2v) is 5.49. The Balaban J connectivity index is 1.78. The highest BCUT2D eigenvalue weighted by atomic mass is 15.1. The number of nitrogens with one attached hydrogen (secondary N) is 1. The lowest BCUT2D eigenvalue weighted by Crippen LogP contribution is -2.19. The monoisotopic (exact) mass is 281 g/mol. The van der Waals surface area contributed by atoms with Crippen LogP contribution < -0.4 is 5.32 Å². The molecule has 0 atom stereocenters. The third-order valence-electron chi connectivity index (χ3n) is 3.25. The molecule has 0 spiro atoms.